The number of carboxylic acids is 1. The molecule has 2 aliphatic rings. The van der Waals surface area contributed by atoms with E-state index in [1.54, 1.807) is 25.1 Å². The van der Waals surface area contributed by atoms with Crippen molar-refractivity contribution in [3.05, 3.63) is 64.8 Å². The zero-order chi connectivity index (χ0) is 28.6. The van der Waals surface area contributed by atoms with E-state index in [0.717, 1.165) is 17.0 Å². The Kier molecular flexibility index (Phi) is 7.56. The van der Waals surface area contributed by atoms with Crippen molar-refractivity contribution < 1.29 is 23.5 Å². The summed E-state index contributed by atoms with van der Waals surface area (Å²) in [4.78, 5) is 31.3. The summed E-state index contributed by atoms with van der Waals surface area (Å²) < 4.78 is 31.3. The zero-order valence-electron chi connectivity index (χ0n) is 21.4. The van der Waals surface area contributed by atoms with E-state index in [1.165, 1.54) is 17.2 Å². The number of hydrogen-bond donors (Lipinski definition) is 3. The molecule has 2 amide bonds. The first-order chi connectivity index (χ1) is 19.2. The number of pyridine rings is 1. The normalized spacial score (nSPS) is 17.8. The third-order valence-corrected chi connectivity index (χ3v) is 7.31. The Morgan fingerprint density at radius 3 is 2.55 bits per heavy atom. The van der Waals surface area contributed by atoms with Crippen molar-refractivity contribution >= 4 is 46.5 Å². The van der Waals surface area contributed by atoms with Crippen LogP contribution >= 0.6 is 11.6 Å². The number of nitriles is 1. The fraction of sp³-hybridized carbons (Fsp3) is 0.286. The highest BCUT2D eigenvalue weighted by Crippen LogP contribution is 2.45. The quantitative estimate of drug-likeness (QED) is 0.307. The Morgan fingerprint density at radius 1 is 1.18 bits per heavy atom. The van der Waals surface area contributed by atoms with Crippen LogP contribution in [-0.4, -0.2) is 47.8 Å². The number of carbonyl (C=O) groups excluding carboxylic acids is 1. The number of rotatable bonds is 8. The van der Waals surface area contributed by atoms with Crippen molar-refractivity contribution in [2.75, 3.05) is 34.8 Å². The molecule has 0 atom stereocenters. The molecule has 0 unspecified atom stereocenters. The number of urea groups is 1. The van der Waals surface area contributed by atoms with Gasteiger partial charge in [-0.25, -0.2) is 18.6 Å². The molecule has 0 bridgehead atoms. The maximum atomic E-state index is 15.7. The summed E-state index contributed by atoms with van der Waals surface area (Å²) in [5, 5.41) is 25.0. The predicted octanol–water partition coefficient (Wildman–Crippen LogP) is 5.51. The molecule has 0 saturated heterocycles. The number of fused-ring (bicyclic) bond motifs is 3. The second-order valence-electron chi connectivity index (χ2n) is 9.60. The fourth-order valence-corrected chi connectivity index (χ4v) is 5.18. The average Bonchev–Trinajstić information content (AvgIpc) is 2.98. The SMILES string of the molecule is CCN1C(=O)N(c2c(F)cc(NCCNC3CC(C(=O)O)C3)cc2F)c2cc(C#N)ccc2-c2cc(Cl)cnc21. The summed E-state index contributed by atoms with van der Waals surface area (Å²) in [6.07, 6.45) is 2.49. The van der Waals surface area contributed by atoms with Crippen LogP contribution < -0.4 is 20.4 Å². The minimum Gasteiger partial charge on any atom is -0.481 e. The first-order valence-electron chi connectivity index (χ1n) is 12.7. The molecule has 206 valence electrons. The number of aliphatic carboxylic acids is 1. The second kappa shape index (κ2) is 11.1. The number of benzene rings is 2. The number of halogens is 3. The van der Waals surface area contributed by atoms with Crippen molar-refractivity contribution in [3.8, 4) is 17.2 Å². The fourth-order valence-electron chi connectivity index (χ4n) is 5.03. The molecule has 1 aliphatic heterocycles. The van der Waals surface area contributed by atoms with Gasteiger partial charge in [-0.05, 0) is 50.1 Å². The standard InChI is InChI=1S/C28H25ClF2N6O3/c1-2-36-26-21(10-17(29)14-35-26)20-4-3-15(13-32)7-24(20)37(28(36)40)25-22(30)11-19(12-23(25)31)34-6-5-33-18-8-16(9-18)27(38)39/h3-4,7,10-12,14,16,18,33-34H,2,5-6,8-9H2,1H3,(H,38,39). The number of carboxylic acid groups (broad SMARTS) is 1. The Bertz CT molecular complexity index is 1520. The van der Waals surface area contributed by atoms with E-state index in [1.807, 2.05) is 6.07 Å². The van der Waals surface area contributed by atoms with Gasteiger partial charge in [0.05, 0.1) is 28.3 Å². The van der Waals surface area contributed by atoms with Gasteiger partial charge in [0, 0.05) is 48.7 Å². The van der Waals surface area contributed by atoms with Crippen LogP contribution in [0, 0.1) is 28.9 Å². The Balaban J connectivity index is 1.46. The van der Waals surface area contributed by atoms with Crippen molar-refractivity contribution in [1.29, 1.82) is 5.26 Å². The van der Waals surface area contributed by atoms with Gasteiger partial charge in [-0.3, -0.25) is 14.6 Å². The predicted molar refractivity (Wildman–Crippen MR) is 147 cm³/mol. The summed E-state index contributed by atoms with van der Waals surface area (Å²) >= 11 is 6.22. The highest BCUT2D eigenvalue weighted by Gasteiger charge is 2.37. The number of aromatic nitrogens is 1. The number of hydrogen-bond acceptors (Lipinski definition) is 6. The van der Waals surface area contributed by atoms with Crippen molar-refractivity contribution in [2.45, 2.75) is 25.8 Å². The third kappa shape index (κ3) is 5.03. The topological polar surface area (TPSA) is 122 Å². The van der Waals surface area contributed by atoms with E-state index in [2.05, 4.69) is 15.6 Å². The molecule has 1 aliphatic carbocycles. The molecule has 2 aromatic carbocycles. The molecule has 0 radical (unpaired) electrons. The van der Waals surface area contributed by atoms with Crippen LogP contribution in [0.3, 0.4) is 0 Å². The number of amides is 2. The summed E-state index contributed by atoms with van der Waals surface area (Å²) in [7, 11) is 0. The van der Waals surface area contributed by atoms with Gasteiger partial charge in [0.25, 0.3) is 0 Å². The summed E-state index contributed by atoms with van der Waals surface area (Å²) in [6.45, 7) is 2.68. The van der Waals surface area contributed by atoms with Crippen LogP contribution in [0.4, 0.5) is 36.5 Å². The monoisotopic (exact) mass is 566 g/mol. The molecule has 1 fully saturated rings. The van der Waals surface area contributed by atoms with E-state index in [-0.39, 0.29) is 41.3 Å². The molecule has 5 rings (SSSR count). The zero-order valence-corrected chi connectivity index (χ0v) is 22.2. The van der Waals surface area contributed by atoms with Gasteiger partial charge in [0.1, 0.15) is 11.5 Å². The minimum atomic E-state index is -0.978. The van der Waals surface area contributed by atoms with E-state index in [4.69, 9.17) is 16.7 Å². The van der Waals surface area contributed by atoms with Crippen LogP contribution in [0.25, 0.3) is 11.1 Å². The van der Waals surface area contributed by atoms with E-state index < -0.39 is 29.3 Å². The Labute approximate surface area is 234 Å². The van der Waals surface area contributed by atoms with Gasteiger partial charge in [0.15, 0.2) is 11.6 Å². The molecular formula is C28H25ClF2N6O3. The lowest BCUT2D eigenvalue weighted by Crippen LogP contribution is -2.45. The van der Waals surface area contributed by atoms with Crippen LogP contribution in [0.1, 0.15) is 25.3 Å². The van der Waals surface area contributed by atoms with Crippen LogP contribution in [0.15, 0.2) is 42.6 Å². The molecule has 40 heavy (non-hydrogen) atoms. The Morgan fingerprint density at radius 2 is 1.90 bits per heavy atom. The lowest BCUT2D eigenvalue weighted by Gasteiger charge is -2.33. The van der Waals surface area contributed by atoms with E-state index >= 15 is 8.78 Å². The van der Waals surface area contributed by atoms with Gasteiger partial charge in [0.2, 0.25) is 0 Å². The molecular weight excluding hydrogens is 542 g/mol. The lowest BCUT2D eigenvalue weighted by molar-refractivity contribution is -0.145. The number of anilines is 4. The summed E-state index contributed by atoms with van der Waals surface area (Å²) in [6, 6.07) is 9.75. The smallest absolute Gasteiger partial charge is 0.334 e. The molecule has 3 N–H and O–H groups in total. The second-order valence-corrected chi connectivity index (χ2v) is 10.0. The van der Waals surface area contributed by atoms with Crippen LogP contribution in [0.2, 0.25) is 5.02 Å². The van der Waals surface area contributed by atoms with Gasteiger partial charge in [-0.15, -0.1) is 0 Å². The van der Waals surface area contributed by atoms with Crippen molar-refractivity contribution in [3.63, 3.8) is 0 Å². The van der Waals surface area contributed by atoms with Crippen LogP contribution in [-0.2, 0) is 4.79 Å². The van der Waals surface area contributed by atoms with Crippen molar-refractivity contribution in [2.24, 2.45) is 5.92 Å². The molecule has 1 saturated carbocycles. The van der Waals surface area contributed by atoms with Gasteiger partial charge < -0.3 is 15.7 Å². The molecule has 12 heteroatoms. The van der Waals surface area contributed by atoms with Gasteiger partial charge in [-0.2, -0.15) is 5.26 Å². The third-order valence-electron chi connectivity index (χ3n) is 7.10. The highest BCUT2D eigenvalue weighted by molar-refractivity contribution is 6.31. The van der Waals surface area contributed by atoms with Crippen LogP contribution in [0.5, 0.6) is 0 Å². The molecule has 0 spiro atoms. The number of nitrogens with one attached hydrogen (secondary N) is 2. The lowest BCUT2D eigenvalue weighted by atomic mass is 9.80. The first kappa shape index (κ1) is 27.3. The van der Waals surface area contributed by atoms with Gasteiger partial charge >= 0.3 is 12.0 Å². The number of carbonyl (C=O) groups is 2. The maximum Gasteiger partial charge on any atom is 0.334 e. The summed E-state index contributed by atoms with van der Waals surface area (Å²) in [5.74, 6) is -2.82. The average molecular weight is 567 g/mol. The molecule has 1 aromatic heterocycles. The van der Waals surface area contributed by atoms with E-state index in [0.29, 0.717) is 42.1 Å². The highest BCUT2D eigenvalue weighted by atomic mass is 35.5. The van der Waals surface area contributed by atoms with Gasteiger partial charge in [-0.1, -0.05) is 17.7 Å². The van der Waals surface area contributed by atoms with E-state index in [9.17, 15) is 14.9 Å². The summed E-state index contributed by atoms with van der Waals surface area (Å²) in [5.41, 5.74) is 0.823. The molecule has 3 aromatic rings. The number of nitrogens with zero attached hydrogens (tertiary/aromatic N) is 4. The molecule has 9 nitrogen and oxygen atoms in total. The maximum absolute atomic E-state index is 15.7. The minimum absolute atomic E-state index is 0.0983. The Hall–Kier alpha value is -4.27. The molecule has 2 heterocycles. The largest absolute Gasteiger partial charge is 0.481 e. The van der Waals surface area contributed by atoms with Crippen molar-refractivity contribution in [1.82, 2.24) is 10.3 Å². The first-order valence-corrected chi connectivity index (χ1v) is 13.1.